The van der Waals surface area contributed by atoms with Crippen molar-refractivity contribution in [1.82, 2.24) is 10.2 Å². The third-order valence-corrected chi connectivity index (χ3v) is 7.13. The largest absolute Gasteiger partial charge is 0.352 e. The van der Waals surface area contributed by atoms with E-state index in [4.69, 9.17) is 11.6 Å². The van der Waals surface area contributed by atoms with Gasteiger partial charge in [0, 0.05) is 34.7 Å². The Labute approximate surface area is 194 Å². The van der Waals surface area contributed by atoms with Gasteiger partial charge in [0.1, 0.15) is 6.04 Å². The highest BCUT2D eigenvalue weighted by atomic mass is 35.5. The number of thioether (sulfide) groups is 1. The van der Waals surface area contributed by atoms with Gasteiger partial charge in [-0.2, -0.15) is 0 Å². The minimum Gasteiger partial charge on any atom is -0.352 e. The normalized spacial score (nSPS) is 14.9. The number of hydrogen-bond acceptors (Lipinski definition) is 3. The fraction of sp³-hybridized carbons (Fsp3) is 0.440. The second kappa shape index (κ2) is 11.6. The van der Waals surface area contributed by atoms with Crippen molar-refractivity contribution in [1.29, 1.82) is 0 Å². The Kier molecular flexibility index (Phi) is 8.85. The smallest absolute Gasteiger partial charge is 0.242 e. The van der Waals surface area contributed by atoms with Crippen LogP contribution in [0.25, 0.3) is 0 Å². The van der Waals surface area contributed by atoms with Crippen LogP contribution in [-0.2, 0) is 16.1 Å². The average Bonchev–Trinajstić information content (AvgIpc) is 3.27. The molecule has 166 valence electrons. The van der Waals surface area contributed by atoms with Crippen LogP contribution in [0.2, 0.25) is 5.02 Å². The summed E-state index contributed by atoms with van der Waals surface area (Å²) < 4.78 is 0. The van der Waals surface area contributed by atoms with E-state index in [0.29, 0.717) is 23.7 Å². The van der Waals surface area contributed by atoms with Crippen LogP contribution < -0.4 is 5.32 Å². The highest BCUT2D eigenvalue weighted by molar-refractivity contribution is 7.99. The van der Waals surface area contributed by atoms with Crippen LogP contribution in [-0.4, -0.2) is 34.6 Å². The average molecular weight is 459 g/mol. The van der Waals surface area contributed by atoms with Crippen molar-refractivity contribution in [3.8, 4) is 0 Å². The van der Waals surface area contributed by atoms with Gasteiger partial charge in [0.2, 0.25) is 11.8 Å². The molecule has 1 atom stereocenters. The SMILES string of the molecule is Cc1ccccc1CN(C(=O)CCSc1ccc(Cl)cc1)C(C)C(=O)NC1CCCC1. The van der Waals surface area contributed by atoms with Gasteiger partial charge < -0.3 is 10.2 Å². The zero-order chi connectivity index (χ0) is 22.2. The summed E-state index contributed by atoms with van der Waals surface area (Å²) in [4.78, 5) is 28.9. The van der Waals surface area contributed by atoms with Gasteiger partial charge in [-0.15, -0.1) is 11.8 Å². The quantitative estimate of drug-likeness (QED) is 0.497. The van der Waals surface area contributed by atoms with Gasteiger partial charge in [-0.25, -0.2) is 0 Å². The number of carbonyl (C=O) groups is 2. The summed E-state index contributed by atoms with van der Waals surface area (Å²) in [6.07, 6.45) is 4.75. The molecule has 0 heterocycles. The van der Waals surface area contributed by atoms with Crippen LogP contribution in [0.15, 0.2) is 53.4 Å². The topological polar surface area (TPSA) is 49.4 Å². The summed E-state index contributed by atoms with van der Waals surface area (Å²) >= 11 is 7.57. The number of amides is 2. The maximum absolute atomic E-state index is 13.2. The van der Waals surface area contributed by atoms with Crippen LogP contribution in [0.3, 0.4) is 0 Å². The number of aryl methyl sites for hydroxylation is 1. The lowest BCUT2D eigenvalue weighted by Crippen LogP contribution is -2.49. The van der Waals surface area contributed by atoms with Crippen molar-refractivity contribution in [3.05, 3.63) is 64.7 Å². The van der Waals surface area contributed by atoms with E-state index in [1.54, 1.807) is 16.7 Å². The van der Waals surface area contributed by atoms with Gasteiger partial charge >= 0.3 is 0 Å². The molecule has 3 rings (SSSR count). The van der Waals surface area contributed by atoms with Gasteiger partial charge in [-0.1, -0.05) is 48.7 Å². The second-order valence-corrected chi connectivity index (χ2v) is 9.77. The fourth-order valence-electron chi connectivity index (χ4n) is 3.88. The Morgan fingerprint density at radius 1 is 1.13 bits per heavy atom. The van der Waals surface area contributed by atoms with Gasteiger partial charge in [0.25, 0.3) is 0 Å². The molecule has 31 heavy (non-hydrogen) atoms. The van der Waals surface area contributed by atoms with Crippen molar-refractivity contribution < 1.29 is 9.59 Å². The third-order valence-electron chi connectivity index (χ3n) is 5.87. The summed E-state index contributed by atoms with van der Waals surface area (Å²) in [6, 6.07) is 15.4. The highest BCUT2D eigenvalue weighted by Crippen LogP contribution is 2.23. The lowest BCUT2D eigenvalue weighted by Gasteiger charge is -2.30. The lowest BCUT2D eigenvalue weighted by molar-refractivity contribution is -0.140. The number of benzene rings is 2. The number of nitrogens with one attached hydrogen (secondary N) is 1. The molecule has 6 heteroatoms. The van der Waals surface area contributed by atoms with E-state index in [1.807, 2.05) is 62.4 Å². The summed E-state index contributed by atoms with van der Waals surface area (Å²) in [5.74, 6) is 0.597. The first kappa shape index (κ1) is 23.7. The van der Waals surface area contributed by atoms with Crippen LogP contribution in [0.4, 0.5) is 0 Å². The van der Waals surface area contributed by atoms with Crippen molar-refractivity contribution >= 4 is 35.2 Å². The van der Waals surface area contributed by atoms with Crippen LogP contribution in [0, 0.1) is 6.92 Å². The van der Waals surface area contributed by atoms with Crippen molar-refractivity contribution in [3.63, 3.8) is 0 Å². The molecule has 2 aromatic rings. The van der Waals surface area contributed by atoms with E-state index >= 15 is 0 Å². The number of nitrogens with zero attached hydrogens (tertiary/aromatic N) is 1. The lowest BCUT2D eigenvalue weighted by atomic mass is 10.1. The summed E-state index contributed by atoms with van der Waals surface area (Å²) in [5.41, 5.74) is 2.20. The number of rotatable bonds is 9. The third kappa shape index (κ3) is 7.01. The van der Waals surface area contributed by atoms with E-state index in [9.17, 15) is 9.59 Å². The van der Waals surface area contributed by atoms with Gasteiger partial charge in [-0.05, 0) is 62.1 Å². The molecule has 1 unspecified atom stereocenters. The van der Waals surface area contributed by atoms with Crippen LogP contribution >= 0.6 is 23.4 Å². The number of carbonyl (C=O) groups excluding carboxylic acids is 2. The Bertz CT molecular complexity index is 881. The maximum Gasteiger partial charge on any atom is 0.242 e. The first-order chi connectivity index (χ1) is 14.9. The Balaban J connectivity index is 1.66. The van der Waals surface area contributed by atoms with Crippen molar-refractivity contribution in [2.75, 3.05) is 5.75 Å². The van der Waals surface area contributed by atoms with Gasteiger partial charge in [0.05, 0.1) is 0 Å². The Hall–Kier alpha value is -1.98. The molecule has 2 amide bonds. The molecule has 1 N–H and O–H groups in total. The molecule has 2 aromatic carbocycles. The molecule has 0 bridgehead atoms. The van der Waals surface area contributed by atoms with E-state index in [-0.39, 0.29) is 17.9 Å². The van der Waals surface area contributed by atoms with E-state index in [0.717, 1.165) is 41.7 Å². The molecule has 4 nitrogen and oxygen atoms in total. The summed E-state index contributed by atoms with van der Waals surface area (Å²) in [7, 11) is 0. The predicted molar refractivity (Wildman–Crippen MR) is 128 cm³/mol. The molecule has 0 aromatic heterocycles. The maximum atomic E-state index is 13.2. The molecule has 0 radical (unpaired) electrons. The van der Waals surface area contributed by atoms with Gasteiger partial charge in [0.15, 0.2) is 0 Å². The molecule has 0 saturated heterocycles. The fourth-order valence-corrected chi connectivity index (χ4v) is 4.84. The minimum atomic E-state index is -0.506. The van der Waals surface area contributed by atoms with Crippen molar-refractivity contribution in [2.45, 2.75) is 69.5 Å². The first-order valence-corrected chi connectivity index (χ1v) is 12.3. The van der Waals surface area contributed by atoms with E-state index in [1.165, 1.54) is 0 Å². The molecule has 1 aliphatic carbocycles. The summed E-state index contributed by atoms with van der Waals surface area (Å²) in [5, 5.41) is 3.85. The molecular formula is C25H31ClN2O2S. The molecule has 1 aliphatic rings. The molecular weight excluding hydrogens is 428 g/mol. The Morgan fingerprint density at radius 2 is 1.81 bits per heavy atom. The number of hydrogen-bond donors (Lipinski definition) is 1. The van der Waals surface area contributed by atoms with E-state index in [2.05, 4.69) is 5.32 Å². The first-order valence-electron chi connectivity index (χ1n) is 11.0. The van der Waals surface area contributed by atoms with Crippen LogP contribution in [0.1, 0.15) is 50.2 Å². The molecule has 0 spiro atoms. The second-order valence-electron chi connectivity index (χ2n) is 8.17. The zero-order valence-electron chi connectivity index (χ0n) is 18.3. The predicted octanol–water partition coefficient (Wildman–Crippen LogP) is 5.61. The van der Waals surface area contributed by atoms with E-state index < -0.39 is 6.04 Å². The molecule has 1 fully saturated rings. The minimum absolute atomic E-state index is 0.00112. The van der Waals surface area contributed by atoms with Gasteiger partial charge in [-0.3, -0.25) is 9.59 Å². The Morgan fingerprint density at radius 3 is 2.48 bits per heavy atom. The highest BCUT2D eigenvalue weighted by Gasteiger charge is 2.28. The number of halogens is 1. The summed E-state index contributed by atoms with van der Waals surface area (Å²) in [6.45, 7) is 4.32. The molecule has 0 aliphatic heterocycles. The molecule has 1 saturated carbocycles. The van der Waals surface area contributed by atoms with Crippen LogP contribution in [0.5, 0.6) is 0 Å². The standard InChI is InChI=1S/C25H31ClN2O2S/c1-18-7-3-4-8-20(18)17-28(19(2)25(30)27-22-9-5-6-10-22)24(29)15-16-31-23-13-11-21(26)12-14-23/h3-4,7-8,11-14,19,22H,5-6,9-10,15-17H2,1-2H3,(H,27,30). The monoisotopic (exact) mass is 458 g/mol. The van der Waals surface area contributed by atoms with Crippen molar-refractivity contribution in [2.24, 2.45) is 0 Å². The zero-order valence-corrected chi connectivity index (χ0v) is 19.8.